The number of hydrogen-bond acceptors (Lipinski definition) is 4. The highest BCUT2D eigenvalue weighted by Crippen LogP contribution is 2.24. The van der Waals surface area contributed by atoms with Crippen LogP contribution in [0.3, 0.4) is 0 Å². The van der Waals surface area contributed by atoms with Crippen LogP contribution in [-0.4, -0.2) is 5.17 Å². The molecule has 1 atom stereocenters. The minimum atomic E-state index is -0.475. The summed E-state index contributed by atoms with van der Waals surface area (Å²) in [5, 5.41) is 7.43. The third-order valence-corrected chi connectivity index (χ3v) is 1.42. The van der Waals surface area contributed by atoms with E-state index in [1.165, 1.54) is 0 Å². The highest BCUT2D eigenvalue weighted by Gasteiger charge is 2.21. The Morgan fingerprint density at radius 2 is 2.45 bits per heavy atom. The van der Waals surface area contributed by atoms with Crippen LogP contribution in [0.1, 0.15) is 12.0 Å². The molecular formula is C6H4N2O2S. The molecule has 1 unspecified atom stereocenters. The quantitative estimate of drug-likeness (QED) is 0.603. The summed E-state index contributed by atoms with van der Waals surface area (Å²) in [5.74, 6) is 0.619. The third-order valence-electron chi connectivity index (χ3n) is 1.24. The average molecular weight is 168 g/mol. The Bertz CT molecular complexity index is 294. The molecule has 2 heterocycles. The van der Waals surface area contributed by atoms with E-state index in [2.05, 4.69) is 22.4 Å². The van der Waals surface area contributed by atoms with Crippen molar-refractivity contribution in [3.63, 3.8) is 0 Å². The van der Waals surface area contributed by atoms with Crippen LogP contribution >= 0.6 is 12.2 Å². The molecule has 0 N–H and O–H groups in total. The van der Waals surface area contributed by atoms with E-state index in [-0.39, 0.29) is 5.17 Å². The molecule has 1 aromatic heterocycles. The smallest absolute Gasteiger partial charge is 0.304 e. The average Bonchev–Trinajstić information content (AvgIpc) is 2.55. The van der Waals surface area contributed by atoms with E-state index >= 15 is 0 Å². The number of thiocarbonyl (C=S) groups is 1. The minimum Gasteiger partial charge on any atom is -0.463 e. The number of ether oxygens (including phenoxy) is 1. The van der Waals surface area contributed by atoms with E-state index in [0.717, 1.165) is 0 Å². The van der Waals surface area contributed by atoms with Crippen molar-refractivity contribution in [1.29, 1.82) is 0 Å². The van der Waals surface area contributed by atoms with E-state index in [4.69, 9.17) is 9.15 Å². The van der Waals surface area contributed by atoms with Gasteiger partial charge in [-0.05, 0) is 24.4 Å². The molecule has 0 aromatic carbocycles. The molecule has 1 aliphatic heterocycles. The maximum Gasteiger partial charge on any atom is 0.304 e. The first kappa shape index (κ1) is 6.48. The van der Waals surface area contributed by atoms with Gasteiger partial charge in [0.1, 0.15) is 0 Å². The molecule has 0 saturated heterocycles. The highest BCUT2D eigenvalue weighted by molar-refractivity contribution is 7.80. The lowest BCUT2D eigenvalue weighted by Crippen LogP contribution is -1.95. The summed E-state index contributed by atoms with van der Waals surface area (Å²) in [5.41, 5.74) is 0. The first-order valence-corrected chi connectivity index (χ1v) is 3.42. The molecule has 2 rings (SSSR count). The van der Waals surface area contributed by atoms with Gasteiger partial charge in [-0.1, -0.05) is 0 Å². The normalized spacial score (nSPS) is 22.2. The van der Waals surface area contributed by atoms with Gasteiger partial charge in [0.25, 0.3) is 6.23 Å². The molecule has 0 aliphatic carbocycles. The molecule has 5 heteroatoms. The van der Waals surface area contributed by atoms with Crippen molar-refractivity contribution in [3.05, 3.63) is 24.2 Å². The molecule has 1 aliphatic rings. The molecule has 0 saturated carbocycles. The van der Waals surface area contributed by atoms with Gasteiger partial charge in [0.05, 0.1) is 6.26 Å². The van der Waals surface area contributed by atoms with E-state index in [9.17, 15) is 0 Å². The van der Waals surface area contributed by atoms with Crippen molar-refractivity contribution in [1.82, 2.24) is 0 Å². The zero-order chi connectivity index (χ0) is 7.68. The predicted molar refractivity (Wildman–Crippen MR) is 40.0 cm³/mol. The largest absolute Gasteiger partial charge is 0.463 e. The second-order valence-corrected chi connectivity index (χ2v) is 2.32. The molecule has 0 radical (unpaired) electrons. The Morgan fingerprint density at radius 1 is 1.55 bits per heavy atom. The Kier molecular flexibility index (Phi) is 1.43. The van der Waals surface area contributed by atoms with Gasteiger partial charge in [-0.2, -0.15) is 0 Å². The van der Waals surface area contributed by atoms with Crippen LogP contribution in [0.25, 0.3) is 0 Å². The number of furan rings is 1. The van der Waals surface area contributed by atoms with E-state index in [1.54, 1.807) is 18.4 Å². The Hall–Kier alpha value is -1.23. The van der Waals surface area contributed by atoms with Gasteiger partial charge in [0.15, 0.2) is 5.76 Å². The summed E-state index contributed by atoms with van der Waals surface area (Å²) in [6, 6.07) is 3.52. The summed E-state index contributed by atoms with van der Waals surface area (Å²) in [4.78, 5) is 0. The zero-order valence-electron chi connectivity index (χ0n) is 5.43. The Balaban J connectivity index is 2.21. The standard InChI is InChI=1S/C6H4N2O2S/c11-6-8-7-5(10-6)4-2-1-3-9-4/h1-3,5H. The van der Waals surface area contributed by atoms with Crippen LogP contribution in [0.15, 0.2) is 33.0 Å². The first-order chi connectivity index (χ1) is 5.36. The molecule has 11 heavy (non-hydrogen) atoms. The lowest BCUT2D eigenvalue weighted by atomic mass is 10.4. The predicted octanol–water partition coefficient (Wildman–Crippen LogP) is 2.05. The van der Waals surface area contributed by atoms with Gasteiger partial charge in [0, 0.05) is 0 Å². The fraction of sp³-hybridized carbons (Fsp3) is 0.167. The zero-order valence-corrected chi connectivity index (χ0v) is 6.25. The van der Waals surface area contributed by atoms with Crippen LogP contribution in [0.5, 0.6) is 0 Å². The van der Waals surface area contributed by atoms with Crippen molar-refractivity contribution < 1.29 is 9.15 Å². The van der Waals surface area contributed by atoms with Gasteiger partial charge in [-0.25, -0.2) is 0 Å². The number of nitrogens with zero attached hydrogens (tertiary/aromatic N) is 2. The molecule has 4 nitrogen and oxygen atoms in total. The van der Waals surface area contributed by atoms with Crippen molar-refractivity contribution in [2.75, 3.05) is 0 Å². The van der Waals surface area contributed by atoms with Crippen molar-refractivity contribution >= 4 is 17.4 Å². The van der Waals surface area contributed by atoms with E-state index < -0.39 is 6.23 Å². The maximum atomic E-state index is 5.03. The molecule has 0 fully saturated rings. The molecule has 56 valence electrons. The number of rotatable bonds is 1. The second kappa shape index (κ2) is 2.43. The Morgan fingerprint density at radius 3 is 3.00 bits per heavy atom. The van der Waals surface area contributed by atoms with Gasteiger partial charge in [-0.15, -0.1) is 10.2 Å². The summed E-state index contributed by atoms with van der Waals surface area (Å²) in [7, 11) is 0. The van der Waals surface area contributed by atoms with Crippen molar-refractivity contribution in [3.8, 4) is 0 Å². The second-order valence-electron chi connectivity index (χ2n) is 1.97. The number of azo groups is 1. The molecule has 0 bridgehead atoms. The monoisotopic (exact) mass is 168 g/mol. The summed E-state index contributed by atoms with van der Waals surface area (Å²) >= 11 is 4.65. The summed E-state index contributed by atoms with van der Waals surface area (Å²) in [6.07, 6.45) is 1.08. The first-order valence-electron chi connectivity index (χ1n) is 3.01. The van der Waals surface area contributed by atoms with Crippen LogP contribution in [-0.2, 0) is 4.74 Å². The molecule has 0 amide bonds. The molecular weight excluding hydrogens is 164 g/mol. The van der Waals surface area contributed by atoms with Gasteiger partial charge >= 0.3 is 5.17 Å². The number of hydrogen-bond donors (Lipinski definition) is 0. The van der Waals surface area contributed by atoms with Crippen LogP contribution in [0.4, 0.5) is 0 Å². The molecule has 0 spiro atoms. The topological polar surface area (TPSA) is 47.1 Å². The fourth-order valence-electron chi connectivity index (χ4n) is 0.789. The van der Waals surface area contributed by atoms with Crippen LogP contribution in [0, 0.1) is 0 Å². The van der Waals surface area contributed by atoms with Gasteiger partial charge in [0.2, 0.25) is 0 Å². The summed E-state index contributed by atoms with van der Waals surface area (Å²) < 4.78 is 10.0. The van der Waals surface area contributed by atoms with Crippen LogP contribution in [0.2, 0.25) is 0 Å². The Labute approximate surface area is 67.9 Å². The van der Waals surface area contributed by atoms with E-state index in [1.807, 2.05) is 0 Å². The summed E-state index contributed by atoms with van der Waals surface area (Å²) in [6.45, 7) is 0. The minimum absolute atomic E-state index is 0.159. The van der Waals surface area contributed by atoms with Crippen LogP contribution < -0.4 is 0 Å². The molecule has 1 aromatic rings. The lowest BCUT2D eigenvalue weighted by molar-refractivity contribution is 0.194. The maximum absolute atomic E-state index is 5.03. The van der Waals surface area contributed by atoms with Gasteiger partial charge < -0.3 is 9.15 Å². The lowest BCUT2D eigenvalue weighted by Gasteiger charge is -1.99. The SMILES string of the molecule is S=C1N=NC(c2ccco2)O1. The third kappa shape index (κ3) is 1.14. The van der Waals surface area contributed by atoms with Gasteiger partial charge in [-0.3, -0.25) is 0 Å². The van der Waals surface area contributed by atoms with Crippen molar-refractivity contribution in [2.24, 2.45) is 10.2 Å². The fourth-order valence-corrected chi connectivity index (χ4v) is 0.927. The van der Waals surface area contributed by atoms with Crippen molar-refractivity contribution in [2.45, 2.75) is 6.23 Å². The highest BCUT2D eigenvalue weighted by atomic mass is 32.1. The van der Waals surface area contributed by atoms with E-state index in [0.29, 0.717) is 5.76 Å².